The normalized spacial score (nSPS) is 12.7. The zero-order valence-electron chi connectivity index (χ0n) is 7.27. The van der Waals surface area contributed by atoms with E-state index in [0.29, 0.717) is 5.75 Å². The molecule has 0 bridgehead atoms. The summed E-state index contributed by atoms with van der Waals surface area (Å²) in [6, 6.07) is 1.27. The van der Waals surface area contributed by atoms with Gasteiger partial charge in [-0.25, -0.2) is 0 Å². The summed E-state index contributed by atoms with van der Waals surface area (Å²) in [5.74, 6) is 0.315. The molecular weight excluding hydrogens is 286 g/mol. The van der Waals surface area contributed by atoms with Crippen molar-refractivity contribution < 1.29 is 9.90 Å². The molecule has 0 amide bonds. The third kappa shape index (κ3) is 4.00. The molecule has 0 radical (unpaired) electrons. The van der Waals surface area contributed by atoms with E-state index < -0.39 is 12.0 Å². The van der Waals surface area contributed by atoms with Gasteiger partial charge in [-0.2, -0.15) is 11.8 Å². The van der Waals surface area contributed by atoms with Gasteiger partial charge in [0.2, 0.25) is 0 Å². The van der Waals surface area contributed by atoms with Gasteiger partial charge in [-0.3, -0.25) is 4.79 Å². The van der Waals surface area contributed by atoms with Gasteiger partial charge >= 0.3 is 5.97 Å². The molecule has 0 aromatic carbocycles. The average Bonchev–Trinajstić information content (AvgIpc) is 2.51. The number of carboxylic acids is 1. The minimum Gasteiger partial charge on any atom is -0.480 e. The first-order chi connectivity index (χ1) is 6.59. The monoisotopic (exact) mass is 295 g/mol. The quantitative estimate of drug-likeness (QED) is 0.874. The first-order valence-electron chi connectivity index (χ1n) is 3.88. The van der Waals surface area contributed by atoms with Gasteiger partial charge < -0.3 is 10.8 Å². The van der Waals surface area contributed by atoms with Gasteiger partial charge in [0.05, 0.1) is 3.79 Å². The average molecular weight is 296 g/mol. The molecule has 1 aromatic heterocycles. The van der Waals surface area contributed by atoms with E-state index in [9.17, 15) is 4.79 Å². The van der Waals surface area contributed by atoms with Crippen molar-refractivity contribution in [1.82, 2.24) is 0 Å². The third-order valence-corrected chi connectivity index (χ3v) is 4.19. The molecule has 0 aliphatic heterocycles. The SMILES string of the molecule is N[C@@H](CSCc1csc(Br)c1)C(=O)O. The number of nitrogens with two attached hydrogens (primary N) is 1. The Kier molecular flexibility index (Phi) is 4.94. The highest BCUT2D eigenvalue weighted by atomic mass is 79.9. The molecule has 1 rings (SSSR count). The van der Waals surface area contributed by atoms with Crippen LogP contribution in [0.4, 0.5) is 0 Å². The Balaban J connectivity index is 2.25. The van der Waals surface area contributed by atoms with Crippen molar-refractivity contribution in [3.8, 4) is 0 Å². The van der Waals surface area contributed by atoms with Crippen LogP contribution in [0.1, 0.15) is 5.56 Å². The third-order valence-electron chi connectivity index (χ3n) is 1.51. The van der Waals surface area contributed by atoms with E-state index in [0.717, 1.165) is 9.54 Å². The number of hydrogen-bond donors (Lipinski definition) is 2. The van der Waals surface area contributed by atoms with E-state index in [4.69, 9.17) is 10.8 Å². The van der Waals surface area contributed by atoms with Crippen LogP contribution in [-0.2, 0) is 10.5 Å². The summed E-state index contributed by atoms with van der Waals surface area (Å²) in [6.45, 7) is 0. The Hall–Kier alpha value is -0.0400. The molecule has 1 heterocycles. The lowest BCUT2D eigenvalue weighted by atomic mass is 10.4. The first kappa shape index (κ1) is 12.0. The standard InChI is InChI=1S/C8H10BrNO2S2/c9-7-1-5(3-14-7)2-13-4-6(10)8(11)12/h1,3,6H,2,4,10H2,(H,11,12)/t6-/m0/s1. The predicted octanol–water partition coefficient (Wildman–Crippen LogP) is 2.16. The minimum atomic E-state index is -0.941. The topological polar surface area (TPSA) is 63.3 Å². The van der Waals surface area contributed by atoms with Crippen LogP contribution in [0.15, 0.2) is 15.2 Å². The maximum Gasteiger partial charge on any atom is 0.321 e. The molecule has 1 atom stereocenters. The molecule has 14 heavy (non-hydrogen) atoms. The molecule has 0 unspecified atom stereocenters. The van der Waals surface area contributed by atoms with Crippen LogP contribution in [0.5, 0.6) is 0 Å². The van der Waals surface area contributed by atoms with Crippen LogP contribution in [0.3, 0.4) is 0 Å². The van der Waals surface area contributed by atoms with Crippen LogP contribution >= 0.6 is 39.0 Å². The zero-order chi connectivity index (χ0) is 10.6. The van der Waals surface area contributed by atoms with E-state index in [-0.39, 0.29) is 0 Å². The van der Waals surface area contributed by atoms with Crippen molar-refractivity contribution in [3.05, 3.63) is 20.8 Å². The molecule has 0 aliphatic rings. The van der Waals surface area contributed by atoms with Crippen molar-refractivity contribution in [2.75, 3.05) is 5.75 Å². The van der Waals surface area contributed by atoms with Gasteiger partial charge in [0.25, 0.3) is 0 Å². The summed E-state index contributed by atoms with van der Waals surface area (Å²) in [6.07, 6.45) is 0. The number of thioether (sulfide) groups is 1. The van der Waals surface area contributed by atoms with Crippen LogP contribution in [0.2, 0.25) is 0 Å². The summed E-state index contributed by atoms with van der Waals surface area (Å²) < 4.78 is 1.09. The molecule has 78 valence electrons. The number of hydrogen-bond acceptors (Lipinski definition) is 4. The Morgan fingerprint density at radius 3 is 3.00 bits per heavy atom. The first-order valence-corrected chi connectivity index (χ1v) is 6.71. The second kappa shape index (κ2) is 5.75. The lowest BCUT2D eigenvalue weighted by Crippen LogP contribution is -2.32. The number of thiophene rings is 1. The van der Waals surface area contributed by atoms with Gasteiger partial charge in [-0.15, -0.1) is 11.3 Å². The predicted molar refractivity (Wildman–Crippen MR) is 63.8 cm³/mol. The molecule has 0 aliphatic carbocycles. The van der Waals surface area contributed by atoms with E-state index in [2.05, 4.69) is 15.9 Å². The van der Waals surface area contributed by atoms with Crippen LogP contribution in [-0.4, -0.2) is 22.9 Å². The fraction of sp³-hybridized carbons (Fsp3) is 0.375. The van der Waals surface area contributed by atoms with Crippen molar-refractivity contribution >= 4 is 45.0 Å². The molecule has 0 saturated heterocycles. The van der Waals surface area contributed by atoms with E-state index in [1.165, 1.54) is 17.3 Å². The van der Waals surface area contributed by atoms with Crippen molar-refractivity contribution in [2.24, 2.45) is 5.73 Å². The largest absolute Gasteiger partial charge is 0.480 e. The summed E-state index contributed by atoms with van der Waals surface area (Å²) in [4.78, 5) is 10.4. The number of halogens is 1. The Morgan fingerprint density at radius 1 is 1.79 bits per heavy atom. The number of rotatable bonds is 5. The number of aliphatic carboxylic acids is 1. The maximum absolute atomic E-state index is 10.4. The Labute approximate surface area is 98.8 Å². The minimum absolute atomic E-state index is 0.447. The summed E-state index contributed by atoms with van der Waals surface area (Å²) in [5, 5.41) is 10.6. The van der Waals surface area contributed by atoms with Gasteiger partial charge in [-0.05, 0) is 32.9 Å². The van der Waals surface area contributed by atoms with E-state index in [1.54, 1.807) is 11.3 Å². The molecular formula is C8H10BrNO2S2. The number of carboxylic acid groups (broad SMARTS) is 1. The molecule has 0 fully saturated rings. The molecule has 6 heteroatoms. The van der Waals surface area contributed by atoms with Crippen LogP contribution < -0.4 is 5.73 Å². The smallest absolute Gasteiger partial charge is 0.321 e. The van der Waals surface area contributed by atoms with Crippen LogP contribution in [0.25, 0.3) is 0 Å². The maximum atomic E-state index is 10.4. The number of carbonyl (C=O) groups is 1. The van der Waals surface area contributed by atoms with Gasteiger partial charge in [0.15, 0.2) is 0 Å². The highest BCUT2D eigenvalue weighted by Gasteiger charge is 2.10. The lowest BCUT2D eigenvalue weighted by molar-refractivity contribution is -0.137. The van der Waals surface area contributed by atoms with Gasteiger partial charge in [0, 0.05) is 11.5 Å². The molecule has 1 aromatic rings. The molecule has 0 saturated carbocycles. The van der Waals surface area contributed by atoms with Crippen molar-refractivity contribution in [3.63, 3.8) is 0 Å². The van der Waals surface area contributed by atoms with Crippen LogP contribution in [0, 0.1) is 0 Å². The highest BCUT2D eigenvalue weighted by Crippen LogP contribution is 2.23. The summed E-state index contributed by atoms with van der Waals surface area (Å²) >= 11 is 6.53. The second-order valence-corrected chi connectivity index (χ2v) is 6.04. The Morgan fingerprint density at radius 2 is 2.50 bits per heavy atom. The van der Waals surface area contributed by atoms with Crippen molar-refractivity contribution in [2.45, 2.75) is 11.8 Å². The second-order valence-electron chi connectivity index (χ2n) is 2.72. The summed E-state index contributed by atoms with van der Waals surface area (Å²) in [7, 11) is 0. The fourth-order valence-corrected chi connectivity index (χ4v) is 3.03. The van der Waals surface area contributed by atoms with E-state index >= 15 is 0 Å². The molecule has 0 spiro atoms. The fourth-order valence-electron chi connectivity index (χ4n) is 0.797. The molecule has 3 nitrogen and oxygen atoms in total. The lowest BCUT2D eigenvalue weighted by Gasteiger charge is -2.04. The zero-order valence-corrected chi connectivity index (χ0v) is 10.5. The Bertz CT molecular complexity index is 316. The highest BCUT2D eigenvalue weighted by molar-refractivity contribution is 9.11. The summed E-state index contributed by atoms with van der Waals surface area (Å²) in [5.41, 5.74) is 6.56. The van der Waals surface area contributed by atoms with Gasteiger partial charge in [0.1, 0.15) is 6.04 Å². The van der Waals surface area contributed by atoms with Gasteiger partial charge in [-0.1, -0.05) is 0 Å². The molecule has 3 N–H and O–H groups in total. The van der Waals surface area contributed by atoms with E-state index in [1.807, 2.05) is 11.4 Å². The van der Waals surface area contributed by atoms with Crippen molar-refractivity contribution in [1.29, 1.82) is 0 Å².